The Labute approximate surface area is 179 Å². The highest BCUT2D eigenvalue weighted by molar-refractivity contribution is 7.12. The zero-order valence-corrected chi connectivity index (χ0v) is 17.3. The summed E-state index contributed by atoms with van der Waals surface area (Å²) >= 11 is 1.39. The van der Waals surface area contributed by atoms with E-state index in [1.54, 1.807) is 30.3 Å². The average molecular weight is 422 g/mol. The zero-order chi connectivity index (χ0) is 20.8. The summed E-state index contributed by atoms with van der Waals surface area (Å²) in [6, 6.07) is 18.4. The van der Waals surface area contributed by atoms with Crippen molar-refractivity contribution in [2.24, 2.45) is 0 Å². The first kappa shape index (κ1) is 20.3. The SMILES string of the molecule is O=C(Nc1ccc(NC(=O)c2cccs2)cc1)c1cccc(CN2CCOCC2)c1. The smallest absolute Gasteiger partial charge is 0.265 e. The number of carbonyl (C=O) groups is 2. The van der Waals surface area contributed by atoms with Crippen molar-refractivity contribution in [2.75, 3.05) is 36.9 Å². The lowest BCUT2D eigenvalue weighted by molar-refractivity contribution is 0.0342. The van der Waals surface area contributed by atoms with Gasteiger partial charge in [-0.15, -0.1) is 11.3 Å². The summed E-state index contributed by atoms with van der Waals surface area (Å²) in [5.41, 5.74) is 3.08. The van der Waals surface area contributed by atoms with E-state index in [0.717, 1.165) is 38.4 Å². The first-order chi connectivity index (χ1) is 14.7. The minimum absolute atomic E-state index is 0.140. The quantitative estimate of drug-likeness (QED) is 0.629. The van der Waals surface area contributed by atoms with Crippen LogP contribution in [0.3, 0.4) is 0 Å². The maximum absolute atomic E-state index is 12.7. The molecule has 2 amide bonds. The van der Waals surface area contributed by atoms with Gasteiger partial charge in [-0.1, -0.05) is 18.2 Å². The van der Waals surface area contributed by atoms with Gasteiger partial charge in [0.05, 0.1) is 18.1 Å². The van der Waals surface area contributed by atoms with Gasteiger partial charge in [-0.25, -0.2) is 0 Å². The number of rotatable bonds is 6. The number of amides is 2. The molecule has 0 atom stereocenters. The lowest BCUT2D eigenvalue weighted by Gasteiger charge is -2.26. The van der Waals surface area contributed by atoms with Gasteiger partial charge in [-0.2, -0.15) is 0 Å². The fourth-order valence-corrected chi connectivity index (χ4v) is 3.89. The summed E-state index contributed by atoms with van der Waals surface area (Å²) in [5.74, 6) is -0.298. The lowest BCUT2D eigenvalue weighted by Crippen LogP contribution is -2.35. The van der Waals surface area contributed by atoms with Crippen LogP contribution in [0, 0.1) is 0 Å². The number of thiophene rings is 1. The Hall–Kier alpha value is -3.00. The van der Waals surface area contributed by atoms with Crippen LogP contribution in [-0.4, -0.2) is 43.0 Å². The fraction of sp³-hybridized carbons (Fsp3) is 0.217. The van der Waals surface area contributed by atoms with Crippen molar-refractivity contribution in [3.63, 3.8) is 0 Å². The molecule has 2 aromatic carbocycles. The predicted octanol–water partition coefficient (Wildman–Crippen LogP) is 4.08. The lowest BCUT2D eigenvalue weighted by atomic mass is 10.1. The minimum Gasteiger partial charge on any atom is -0.379 e. The number of carbonyl (C=O) groups excluding carboxylic acids is 2. The van der Waals surface area contributed by atoms with E-state index in [1.165, 1.54) is 11.3 Å². The summed E-state index contributed by atoms with van der Waals surface area (Å²) in [5, 5.41) is 7.63. The van der Waals surface area contributed by atoms with E-state index in [0.29, 0.717) is 21.8 Å². The molecule has 2 heterocycles. The van der Waals surface area contributed by atoms with Crippen LogP contribution >= 0.6 is 11.3 Å². The molecule has 4 rings (SSSR count). The average Bonchev–Trinajstić information content (AvgIpc) is 3.31. The Bertz CT molecular complexity index is 997. The Balaban J connectivity index is 1.35. The summed E-state index contributed by atoms with van der Waals surface area (Å²) in [6.07, 6.45) is 0. The molecule has 1 aromatic heterocycles. The predicted molar refractivity (Wildman–Crippen MR) is 119 cm³/mol. The van der Waals surface area contributed by atoms with E-state index >= 15 is 0 Å². The molecular weight excluding hydrogens is 398 g/mol. The van der Waals surface area contributed by atoms with E-state index in [-0.39, 0.29) is 11.8 Å². The largest absolute Gasteiger partial charge is 0.379 e. The molecule has 1 aliphatic heterocycles. The summed E-state index contributed by atoms with van der Waals surface area (Å²) < 4.78 is 5.39. The van der Waals surface area contributed by atoms with E-state index < -0.39 is 0 Å². The van der Waals surface area contributed by atoms with Gasteiger partial charge in [0.25, 0.3) is 11.8 Å². The first-order valence-corrected chi connectivity index (χ1v) is 10.7. The van der Waals surface area contributed by atoms with Crippen LogP contribution in [-0.2, 0) is 11.3 Å². The molecule has 0 radical (unpaired) electrons. The molecule has 0 unspecified atom stereocenters. The molecule has 1 aliphatic rings. The fourth-order valence-electron chi connectivity index (χ4n) is 3.27. The van der Waals surface area contributed by atoms with E-state index in [2.05, 4.69) is 15.5 Å². The van der Waals surface area contributed by atoms with Crippen molar-refractivity contribution in [3.8, 4) is 0 Å². The van der Waals surface area contributed by atoms with Crippen molar-refractivity contribution in [1.82, 2.24) is 4.90 Å². The van der Waals surface area contributed by atoms with Crippen molar-refractivity contribution < 1.29 is 14.3 Å². The number of hydrogen-bond acceptors (Lipinski definition) is 5. The summed E-state index contributed by atoms with van der Waals surface area (Å²) in [7, 11) is 0. The van der Waals surface area contributed by atoms with Crippen LogP contribution < -0.4 is 10.6 Å². The molecule has 7 heteroatoms. The number of morpholine rings is 1. The standard InChI is InChI=1S/C23H23N3O3S/c27-22(18-4-1-3-17(15-18)16-26-10-12-29-13-11-26)24-19-6-8-20(9-7-19)25-23(28)21-5-2-14-30-21/h1-9,14-15H,10-13,16H2,(H,24,27)(H,25,28). The number of nitrogens with one attached hydrogen (secondary N) is 2. The number of nitrogens with zero attached hydrogens (tertiary/aromatic N) is 1. The Kier molecular flexibility index (Phi) is 6.53. The number of ether oxygens (including phenoxy) is 1. The molecule has 3 aromatic rings. The number of anilines is 2. The molecule has 2 N–H and O–H groups in total. The normalized spacial score (nSPS) is 14.3. The van der Waals surface area contributed by atoms with Crippen LogP contribution in [0.2, 0.25) is 0 Å². The second-order valence-corrected chi connectivity index (χ2v) is 8.00. The number of hydrogen-bond donors (Lipinski definition) is 2. The third-order valence-electron chi connectivity index (χ3n) is 4.84. The van der Waals surface area contributed by atoms with Crippen LogP contribution in [0.1, 0.15) is 25.6 Å². The maximum atomic E-state index is 12.7. The zero-order valence-electron chi connectivity index (χ0n) is 16.5. The van der Waals surface area contributed by atoms with Crippen molar-refractivity contribution >= 4 is 34.5 Å². The molecule has 0 bridgehead atoms. The Morgan fingerprint density at radius 1 is 0.900 bits per heavy atom. The highest BCUT2D eigenvalue weighted by Crippen LogP contribution is 2.18. The maximum Gasteiger partial charge on any atom is 0.265 e. The number of benzene rings is 2. The molecule has 6 nitrogen and oxygen atoms in total. The van der Waals surface area contributed by atoms with Crippen LogP contribution in [0.4, 0.5) is 11.4 Å². The highest BCUT2D eigenvalue weighted by atomic mass is 32.1. The molecule has 1 fully saturated rings. The molecule has 30 heavy (non-hydrogen) atoms. The third-order valence-corrected chi connectivity index (χ3v) is 5.71. The van der Waals surface area contributed by atoms with Gasteiger partial charge in [0.15, 0.2) is 0 Å². The molecule has 154 valence electrons. The molecule has 0 aliphatic carbocycles. The van der Waals surface area contributed by atoms with Crippen molar-refractivity contribution in [2.45, 2.75) is 6.54 Å². The summed E-state index contributed by atoms with van der Waals surface area (Å²) in [6.45, 7) is 4.13. The molecule has 0 spiro atoms. The van der Waals surface area contributed by atoms with Crippen LogP contribution in [0.25, 0.3) is 0 Å². The first-order valence-electron chi connectivity index (χ1n) is 9.83. The highest BCUT2D eigenvalue weighted by Gasteiger charge is 2.13. The molecule has 1 saturated heterocycles. The molecule has 0 saturated carbocycles. The molecular formula is C23H23N3O3S. The van der Waals surface area contributed by atoms with Gasteiger partial charge in [-0.05, 0) is 53.4 Å². The minimum atomic E-state index is -0.158. The van der Waals surface area contributed by atoms with Gasteiger partial charge in [0.2, 0.25) is 0 Å². The van der Waals surface area contributed by atoms with Gasteiger partial charge in [0, 0.05) is 36.6 Å². The van der Waals surface area contributed by atoms with Crippen LogP contribution in [0.5, 0.6) is 0 Å². The monoisotopic (exact) mass is 421 g/mol. The summed E-state index contributed by atoms with van der Waals surface area (Å²) in [4.78, 5) is 27.8. The van der Waals surface area contributed by atoms with Crippen molar-refractivity contribution in [1.29, 1.82) is 0 Å². The van der Waals surface area contributed by atoms with Crippen LogP contribution in [0.15, 0.2) is 66.0 Å². The van der Waals surface area contributed by atoms with E-state index in [9.17, 15) is 9.59 Å². The van der Waals surface area contributed by atoms with Gasteiger partial charge in [0.1, 0.15) is 0 Å². The second-order valence-electron chi connectivity index (χ2n) is 7.05. The van der Waals surface area contributed by atoms with Crippen molar-refractivity contribution in [3.05, 3.63) is 82.0 Å². The van der Waals surface area contributed by atoms with E-state index in [4.69, 9.17) is 4.74 Å². The topological polar surface area (TPSA) is 70.7 Å². The van der Waals surface area contributed by atoms with Gasteiger partial charge in [-0.3, -0.25) is 14.5 Å². The van der Waals surface area contributed by atoms with Gasteiger partial charge >= 0.3 is 0 Å². The Morgan fingerprint density at radius 3 is 2.27 bits per heavy atom. The van der Waals surface area contributed by atoms with Gasteiger partial charge < -0.3 is 15.4 Å². The third kappa shape index (κ3) is 5.33. The Morgan fingerprint density at radius 2 is 1.60 bits per heavy atom. The van der Waals surface area contributed by atoms with E-state index in [1.807, 2.05) is 35.7 Å². The second kappa shape index (κ2) is 9.67.